The van der Waals surface area contributed by atoms with E-state index in [1.54, 1.807) is 34.9 Å². The standard InChI is InChI=1S/C25H22N2O6/c1-31-17-8-9-18-15(12-24(29)33-21(18)13-17)14-32-23(28)11-10-22-26-20-5-3-2-4-19(20)25(30)27(22)16-6-7-16/h2-5,8-9,12-13,16H,6-7,10-11,14H2,1H3. The van der Waals surface area contributed by atoms with Crippen LogP contribution in [0.1, 0.15) is 36.7 Å². The molecule has 8 heteroatoms. The van der Waals surface area contributed by atoms with E-state index in [4.69, 9.17) is 13.9 Å². The van der Waals surface area contributed by atoms with E-state index < -0.39 is 11.6 Å². The molecule has 4 aromatic rings. The summed E-state index contributed by atoms with van der Waals surface area (Å²) < 4.78 is 17.5. The molecule has 8 nitrogen and oxygen atoms in total. The summed E-state index contributed by atoms with van der Waals surface area (Å²) >= 11 is 0. The lowest BCUT2D eigenvalue weighted by molar-refractivity contribution is -0.144. The molecule has 0 spiro atoms. The van der Waals surface area contributed by atoms with Gasteiger partial charge in [-0.3, -0.25) is 14.2 Å². The van der Waals surface area contributed by atoms with Gasteiger partial charge in [-0.15, -0.1) is 0 Å². The number of nitrogens with zero attached hydrogens (tertiary/aromatic N) is 2. The summed E-state index contributed by atoms with van der Waals surface area (Å²) in [5, 5.41) is 1.25. The number of hydrogen-bond donors (Lipinski definition) is 0. The molecule has 0 unspecified atom stereocenters. The summed E-state index contributed by atoms with van der Waals surface area (Å²) in [5.41, 5.74) is 0.943. The van der Waals surface area contributed by atoms with E-state index in [0.717, 1.165) is 12.8 Å². The van der Waals surface area contributed by atoms with E-state index in [9.17, 15) is 14.4 Å². The topological polar surface area (TPSA) is 101 Å². The van der Waals surface area contributed by atoms with Crippen molar-refractivity contribution in [3.63, 3.8) is 0 Å². The SMILES string of the molecule is COc1ccc2c(COC(=O)CCc3nc4ccccc4c(=O)n3C3CC3)cc(=O)oc2c1. The van der Waals surface area contributed by atoms with Crippen LogP contribution in [0.2, 0.25) is 0 Å². The summed E-state index contributed by atoms with van der Waals surface area (Å²) in [6, 6.07) is 13.8. The zero-order valence-corrected chi connectivity index (χ0v) is 18.1. The molecule has 0 amide bonds. The van der Waals surface area contributed by atoms with Gasteiger partial charge in [0.2, 0.25) is 0 Å². The van der Waals surface area contributed by atoms with Crippen LogP contribution in [0.4, 0.5) is 0 Å². The van der Waals surface area contributed by atoms with Gasteiger partial charge in [-0.1, -0.05) is 12.1 Å². The Hall–Kier alpha value is -3.94. The molecule has 1 aliphatic rings. The zero-order chi connectivity index (χ0) is 22.9. The zero-order valence-electron chi connectivity index (χ0n) is 18.1. The first kappa shape index (κ1) is 20.9. The Morgan fingerprint density at radius 3 is 2.73 bits per heavy atom. The fourth-order valence-electron chi connectivity index (χ4n) is 3.98. The maximum atomic E-state index is 12.9. The molecule has 2 aromatic carbocycles. The number of methoxy groups -OCH3 is 1. The minimum atomic E-state index is -0.532. The maximum Gasteiger partial charge on any atom is 0.336 e. The van der Waals surface area contributed by atoms with Crippen molar-refractivity contribution in [3.8, 4) is 5.75 Å². The van der Waals surface area contributed by atoms with Gasteiger partial charge in [-0.05, 0) is 37.1 Å². The minimum Gasteiger partial charge on any atom is -0.497 e. The highest BCUT2D eigenvalue weighted by Crippen LogP contribution is 2.35. The first-order chi connectivity index (χ1) is 16.0. The number of carbonyl (C=O) groups excluding carboxylic acids is 1. The van der Waals surface area contributed by atoms with Crippen molar-refractivity contribution < 1.29 is 18.7 Å². The molecule has 1 aliphatic carbocycles. The number of esters is 1. The average Bonchev–Trinajstić information content (AvgIpc) is 3.65. The van der Waals surface area contributed by atoms with Crippen molar-refractivity contribution in [2.45, 2.75) is 38.3 Å². The van der Waals surface area contributed by atoms with Crippen molar-refractivity contribution in [2.24, 2.45) is 0 Å². The molecular formula is C25H22N2O6. The third-order valence-corrected chi connectivity index (χ3v) is 5.77. The molecule has 5 rings (SSSR count). The molecule has 0 N–H and O–H groups in total. The maximum absolute atomic E-state index is 12.9. The van der Waals surface area contributed by atoms with Gasteiger partial charge in [-0.2, -0.15) is 0 Å². The van der Waals surface area contributed by atoms with Crippen LogP contribution in [0.25, 0.3) is 21.9 Å². The molecular weight excluding hydrogens is 424 g/mol. The first-order valence-electron chi connectivity index (χ1n) is 10.8. The Bertz CT molecular complexity index is 1480. The highest BCUT2D eigenvalue weighted by atomic mass is 16.5. The summed E-state index contributed by atoms with van der Waals surface area (Å²) in [4.78, 5) is 42.0. The second-order valence-electron chi connectivity index (χ2n) is 8.06. The molecule has 33 heavy (non-hydrogen) atoms. The fraction of sp³-hybridized carbons (Fsp3) is 0.280. The van der Waals surface area contributed by atoms with E-state index >= 15 is 0 Å². The summed E-state index contributed by atoms with van der Waals surface area (Å²) in [6.07, 6.45) is 2.24. The van der Waals surface area contributed by atoms with Crippen LogP contribution >= 0.6 is 0 Å². The van der Waals surface area contributed by atoms with E-state index in [1.165, 1.54) is 13.2 Å². The monoisotopic (exact) mass is 446 g/mol. The van der Waals surface area contributed by atoms with Crippen LogP contribution in [0, 0.1) is 0 Å². The molecule has 168 valence electrons. The van der Waals surface area contributed by atoms with E-state index in [0.29, 0.717) is 45.4 Å². The number of rotatable bonds is 7. The highest BCUT2D eigenvalue weighted by Gasteiger charge is 2.28. The third kappa shape index (κ3) is 4.24. The number of ether oxygens (including phenoxy) is 2. The molecule has 1 saturated carbocycles. The van der Waals surface area contributed by atoms with Gasteiger partial charge < -0.3 is 13.9 Å². The largest absolute Gasteiger partial charge is 0.497 e. The lowest BCUT2D eigenvalue weighted by Crippen LogP contribution is -2.25. The molecule has 2 heterocycles. The van der Waals surface area contributed by atoms with Crippen molar-refractivity contribution >= 4 is 27.8 Å². The van der Waals surface area contributed by atoms with Crippen molar-refractivity contribution in [1.82, 2.24) is 9.55 Å². The van der Waals surface area contributed by atoms with Crippen molar-refractivity contribution in [3.05, 3.63) is 80.7 Å². The predicted octanol–water partition coefficient (Wildman–Crippen LogP) is 3.52. The number of benzene rings is 2. The normalized spacial score (nSPS) is 13.4. The molecule has 2 aromatic heterocycles. The van der Waals surface area contributed by atoms with Gasteiger partial charge in [0.15, 0.2) is 0 Å². The van der Waals surface area contributed by atoms with Gasteiger partial charge in [0, 0.05) is 35.5 Å². The molecule has 0 saturated heterocycles. The van der Waals surface area contributed by atoms with Crippen LogP contribution in [0.5, 0.6) is 5.75 Å². The minimum absolute atomic E-state index is 0.0617. The summed E-state index contributed by atoms with van der Waals surface area (Å²) in [6.45, 7) is -0.0617. The van der Waals surface area contributed by atoms with Gasteiger partial charge >= 0.3 is 11.6 Å². The Morgan fingerprint density at radius 1 is 1.12 bits per heavy atom. The molecule has 0 aliphatic heterocycles. The molecule has 0 atom stereocenters. The van der Waals surface area contributed by atoms with Crippen LogP contribution < -0.4 is 15.9 Å². The van der Waals surface area contributed by atoms with Crippen LogP contribution in [0.15, 0.2) is 62.5 Å². The third-order valence-electron chi connectivity index (χ3n) is 5.77. The van der Waals surface area contributed by atoms with Crippen LogP contribution in [-0.2, 0) is 22.6 Å². The quantitative estimate of drug-likeness (QED) is 0.316. The Kier molecular flexibility index (Phi) is 5.42. The van der Waals surface area contributed by atoms with Gasteiger partial charge in [0.25, 0.3) is 5.56 Å². The summed E-state index contributed by atoms with van der Waals surface area (Å²) in [7, 11) is 1.53. The number of para-hydroxylation sites is 1. The van der Waals surface area contributed by atoms with Crippen LogP contribution in [0.3, 0.4) is 0 Å². The van der Waals surface area contributed by atoms with E-state index in [1.807, 2.05) is 12.1 Å². The first-order valence-corrected chi connectivity index (χ1v) is 10.8. The number of aromatic nitrogens is 2. The highest BCUT2D eigenvalue weighted by molar-refractivity contribution is 5.82. The Balaban J connectivity index is 1.32. The second-order valence-corrected chi connectivity index (χ2v) is 8.06. The van der Waals surface area contributed by atoms with Gasteiger partial charge in [0.1, 0.15) is 23.8 Å². The smallest absolute Gasteiger partial charge is 0.336 e. The van der Waals surface area contributed by atoms with Crippen LogP contribution in [-0.4, -0.2) is 22.6 Å². The number of carbonyl (C=O) groups is 1. The molecule has 1 fully saturated rings. The van der Waals surface area contributed by atoms with E-state index in [-0.39, 0.29) is 24.6 Å². The Morgan fingerprint density at radius 2 is 1.94 bits per heavy atom. The van der Waals surface area contributed by atoms with E-state index in [2.05, 4.69) is 4.98 Å². The lowest BCUT2D eigenvalue weighted by Gasteiger charge is -2.13. The number of fused-ring (bicyclic) bond motifs is 2. The molecule has 0 bridgehead atoms. The number of hydrogen-bond acceptors (Lipinski definition) is 7. The van der Waals surface area contributed by atoms with Crippen molar-refractivity contribution in [2.75, 3.05) is 7.11 Å². The van der Waals surface area contributed by atoms with Gasteiger partial charge in [-0.25, -0.2) is 9.78 Å². The number of aryl methyl sites for hydroxylation is 1. The Labute approximate surface area is 188 Å². The predicted molar refractivity (Wildman–Crippen MR) is 121 cm³/mol. The molecule has 0 radical (unpaired) electrons. The van der Waals surface area contributed by atoms with Gasteiger partial charge in [0.05, 0.1) is 24.4 Å². The summed E-state index contributed by atoms with van der Waals surface area (Å²) in [5.74, 6) is 0.718. The lowest BCUT2D eigenvalue weighted by atomic mass is 10.1. The second kappa shape index (κ2) is 8.54. The average molecular weight is 446 g/mol. The van der Waals surface area contributed by atoms with Crippen molar-refractivity contribution in [1.29, 1.82) is 0 Å². The fourth-order valence-corrected chi connectivity index (χ4v) is 3.98.